The number of methoxy groups -OCH3 is 2. The van der Waals surface area contributed by atoms with Gasteiger partial charge in [-0.3, -0.25) is 0 Å². The number of fused-ring (bicyclic) bond motifs is 4. The SMILES string of the molecule is Br.COc1ccc2c(c1OC)C[C@H]1CCCN[C@@H]1C2.Cl.Oc1ccc2c(c1O)C[C@H]1CCCN[C@@H]1C2. The summed E-state index contributed by atoms with van der Waals surface area (Å²) >= 11 is 0. The highest BCUT2D eigenvalue weighted by Gasteiger charge is 2.33. The summed E-state index contributed by atoms with van der Waals surface area (Å²) in [5.74, 6) is 3.29. The minimum atomic E-state index is 0. The van der Waals surface area contributed by atoms with Crippen LogP contribution in [0.15, 0.2) is 24.3 Å². The van der Waals surface area contributed by atoms with Gasteiger partial charge in [0.1, 0.15) is 0 Å². The van der Waals surface area contributed by atoms with Gasteiger partial charge in [-0.1, -0.05) is 12.1 Å². The minimum Gasteiger partial charge on any atom is -0.504 e. The summed E-state index contributed by atoms with van der Waals surface area (Å²) in [5.41, 5.74) is 4.93. The number of benzene rings is 2. The summed E-state index contributed by atoms with van der Waals surface area (Å²) < 4.78 is 11.0. The molecule has 0 spiro atoms. The third-order valence-corrected chi connectivity index (χ3v) is 8.37. The van der Waals surface area contributed by atoms with Crippen molar-refractivity contribution in [3.8, 4) is 23.0 Å². The summed E-state index contributed by atoms with van der Waals surface area (Å²) in [6, 6.07) is 8.98. The zero-order valence-corrected chi connectivity index (χ0v) is 23.7. The van der Waals surface area contributed by atoms with Crippen molar-refractivity contribution in [2.75, 3.05) is 27.3 Å². The van der Waals surface area contributed by atoms with Gasteiger partial charge in [0.2, 0.25) is 0 Å². The molecule has 6 rings (SSSR count). The molecule has 2 fully saturated rings. The fourth-order valence-electron chi connectivity index (χ4n) is 6.54. The molecule has 4 N–H and O–H groups in total. The average Bonchev–Trinajstić information content (AvgIpc) is 2.88. The molecule has 0 aromatic heterocycles. The van der Waals surface area contributed by atoms with E-state index in [0.29, 0.717) is 18.0 Å². The zero-order chi connectivity index (χ0) is 23.7. The van der Waals surface area contributed by atoms with Crippen LogP contribution in [0.2, 0.25) is 0 Å². The molecule has 6 nitrogen and oxygen atoms in total. The van der Waals surface area contributed by atoms with E-state index >= 15 is 0 Å². The van der Waals surface area contributed by atoms with Gasteiger partial charge in [0, 0.05) is 23.2 Å². The van der Waals surface area contributed by atoms with E-state index in [-0.39, 0.29) is 40.9 Å². The Morgan fingerprint density at radius 1 is 0.750 bits per heavy atom. The van der Waals surface area contributed by atoms with Gasteiger partial charge in [0.05, 0.1) is 14.2 Å². The maximum Gasteiger partial charge on any atom is 0.164 e. The number of nitrogens with one attached hydrogen (secondary N) is 2. The molecule has 0 radical (unpaired) electrons. The quantitative estimate of drug-likeness (QED) is 0.383. The summed E-state index contributed by atoms with van der Waals surface area (Å²) in [6.07, 6.45) is 9.19. The van der Waals surface area contributed by atoms with E-state index in [0.717, 1.165) is 55.2 Å². The number of rotatable bonds is 2. The van der Waals surface area contributed by atoms with Gasteiger partial charge in [-0.05, 0) is 99.6 Å². The van der Waals surface area contributed by atoms with Crippen LogP contribution in [-0.4, -0.2) is 49.6 Å². The lowest BCUT2D eigenvalue weighted by Gasteiger charge is -2.38. The number of hydrogen-bond donors (Lipinski definition) is 4. The second kappa shape index (κ2) is 12.7. The van der Waals surface area contributed by atoms with Gasteiger partial charge < -0.3 is 30.3 Å². The summed E-state index contributed by atoms with van der Waals surface area (Å²) in [6.45, 7) is 2.28. The highest BCUT2D eigenvalue weighted by Crippen LogP contribution is 2.41. The van der Waals surface area contributed by atoms with Crippen molar-refractivity contribution in [1.82, 2.24) is 10.6 Å². The van der Waals surface area contributed by atoms with Crippen molar-refractivity contribution in [2.24, 2.45) is 11.8 Å². The van der Waals surface area contributed by atoms with Crippen molar-refractivity contribution in [3.05, 3.63) is 46.5 Å². The Balaban J connectivity index is 0.000000191. The Kier molecular flexibility index (Phi) is 10.2. The summed E-state index contributed by atoms with van der Waals surface area (Å²) in [7, 11) is 3.45. The zero-order valence-electron chi connectivity index (χ0n) is 21.2. The Bertz CT molecular complexity index is 1040. The van der Waals surface area contributed by atoms with Crippen LogP contribution in [0, 0.1) is 11.8 Å². The van der Waals surface area contributed by atoms with E-state index in [1.165, 1.54) is 48.9 Å². The molecule has 2 aromatic rings. The second-order valence-electron chi connectivity index (χ2n) is 10.3. The fourth-order valence-corrected chi connectivity index (χ4v) is 6.54. The standard InChI is InChI=1S/C15H21NO2.C13H17NO2.BrH.ClH/c1-17-14-6-5-10-9-13-11(4-3-7-16-13)8-12(10)15(14)18-2;15-12-4-3-8-7-11-9(2-1-5-14-11)6-10(8)13(12)16;;/h5-6,11,13,16H,3-4,7-9H2,1-2H3;3-4,9,11,14-16H,1-2,5-7H2;2*1H/t11-,13-;9-,11-;;/m11../s1. The van der Waals surface area contributed by atoms with Gasteiger partial charge >= 0.3 is 0 Å². The second-order valence-corrected chi connectivity index (χ2v) is 10.3. The maximum atomic E-state index is 9.86. The van der Waals surface area contributed by atoms with Gasteiger partial charge in [-0.2, -0.15) is 0 Å². The molecule has 0 saturated carbocycles. The smallest absolute Gasteiger partial charge is 0.164 e. The molecule has 2 heterocycles. The molecule has 8 heteroatoms. The number of ether oxygens (including phenoxy) is 2. The van der Waals surface area contributed by atoms with Crippen LogP contribution in [0.3, 0.4) is 0 Å². The van der Waals surface area contributed by atoms with Crippen LogP contribution in [0.25, 0.3) is 0 Å². The Hall–Kier alpha value is -1.67. The number of phenolic OH excluding ortho intramolecular Hbond substituents is 2. The topological polar surface area (TPSA) is 83.0 Å². The lowest BCUT2D eigenvalue weighted by molar-refractivity contribution is 0.257. The first-order valence-electron chi connectivity index (χ1n) is 12.8. The van der Waals surface area contributed by atoms with Crippen molar-refractivity contribution in [3.63, 3.8) is 0 Å². The monoisotopic (exact) mass is 582 g/mol. The molecule has 2 aliphatic carbocycles. The lowest BCUT2D eigenvalue weighted by Crippen LogP contribution is -2.46. The van der Waals surface area contributed by atoms with Gasteiger partial charge in [0.25, 0.3) is 0 Å². The van der Waals surface area contributed by atoms with Crippen LogP contribution < -0.4 is 20.1 Å². The van der Waals surface area contributed by atoms with Crippen LogP contribution in [0.5, 0.6) is 23.0 Å². The third-order valence-electron chi connectivity index (χ3n) is 8.37. The molecule has 2 aromatic carbocycles. The number of piperidine rings is 2. The van der Waals surface area contributed by atoms with Crippen molar-refractivity contribution in [2.45, 2.75) is 63.5 Å². The summed E-state index contributed by atoms with van der Waals surface area (Å²) in [4.78, 5) is 0. The van der Waals surface area contributed by atoms with Gasteiger partial charge in [-0.15, -0.1) is 29.4 Å². The molecule has 36 heavy (non-hydrogen) atoms. The largest absolute Gasteiger partial charge is 0.504 e. The van der Waals surface area contributed by atoms with Crippen molar-refractivity contribution in [1.29, 1.82) is 0 Å². The third kappa shape index (κ3) is 5.74. The molecule has 2 saturated heterocycles. The van der Waals surface area contributed by atoms with E-state index in [1.807, 2.05) is 12.1 Å². The van der Waals surface area contributed by atoms with Crippen LogP contribution in [0.4, 0.5) is 0 Å². The molecule has 4 aliphatic rings. The molecule has 4 atom stereocenters. The molecule has 200 valence electrons. The van der Waals surface area contributed by atoms with Gasteiger partial charge in [0.15, 0.2) is 23.0 Å². The number of halogens is 2. The maximum absolute atomic E-state index is 9.86. The first kappa shape index (κ1) is 28.9. The number of phenols is 2. The van der Waals surface area contributed by atoms with Crippen LogP contribution in [-0.2, 0) is 25.7 Å². The van der Waals surface area contributed by atoms with E-state index in [1.54, 1.807) is 20.3 Å². The molecule has 0 amide bonds. The predicted molar refractivity (Wildman–Crippen MR) is 151 cm³/mol. The first-order chi connectivity index (χ1) is 16.6. The highest BCUT2D eigenvalue weighted by molar-refractivity contribution is 8.93. The molecular formula is C28H40BrClN2O4. The van der Waals surface area contributed by atoms with Gasteiger partial charge in [-0.25, -0.2) is 0 Å². The normalized spacial score (nSPS) is 25.6. The number of hydrogen-bond acceptors (Lipinski definition) is 6. The molecule has 2 aliphatic heterocycles. The number of aromatic hydroxyl groups is 2. The average molecular weight is 584 g/mol. The lowest BCUT2D eigenvalue weighted by atomic mass is 9.76. The van der Waals surface area contributed by atoms with E-state index < -0.39 is 0 Å². The van der Waals surface area contributed by atoms with Crippen LogP contribution in [0.1, 0.15) is 47.9 Å². The minimum absolute atomic E-state index is 0. The molecule has 0 bridgehead atoms. The van der Waals surface area contributed by atoms with Crippen LogP contribution >= 0.6 is 29.4 Å². The van der Waals surface area contributed by atoms with Crippen molar-refractivity contribution >= 4 is 29.4 Å². The predicted octanol–water partition coefficient (Wildman–Crippen LogP) is 4.73. The van der Waals surface area contributed by atoms with E-state index in [2.05, 4.69) is 16.7 Å². The van der Waals surface area contributed by atoms with Crippen molar-refractivity contribution < 1.29 is 19.7 Å². The summed E-state index contributed by atoms with van der Waals surface area (Å²) in [5, 5.41) is 26.6. The Morgan fingerprint density at radius 2 is 1.31 bits per heavy atom. The Morgan fingerprint density at radius 3 is 1.89 bits per heavy atom. The fraction of sp³-hybridized carbons (Fsp3) is 0.571. The van der Waals surface area contributed by atoms with E-state index in [4.69, 9.17) is 9.47 Å². The molecular weight excluding hydrogens is 544 g/mol. The molecule has 0 unspecified atom stereocenters. The first-order valence-corrected chi connectivity index (χ1v) is 12.8. The highest BCUT2D eigenvalue weighted by atomic mass is 79.9. The Labute approximate surface area is 231 Å². The van der Waals surface area contributed by atoms with E-state index in [9.17, 15) is 10.2 Å².